The van der Waals surface area contributed by atoms with Gasteiger partial charge in [0.05, 0.1) is 6.61 Å². The van der Waals surface area contributed by atoms with Crippen molar-refractivity contribution in [2.24, 2.45) is 11.7 Å². The number of aryl methyl sites for hydroxylation is 1. The van der Waals surface area contributed by atoms with Gasteiger partial charge in [-0.3, -0.25) is 10.1 Å². The van der Waals surface area contributed by atoms with E-state index in [1.165, 1.54) is 5.56 Å². The summed E-state index contributed by atoms with van der Waals surface area (Å²) in [6, 6.07) is 7.61. The Kier molecular flexibility index (Phi) is 6.56. The zero-order valence-corrected chi connectivity index (χ0v) is 12.0. The lowest BCUT2D eigenvalue weighted by molar-refractivity contribution is -0.121. The van der Waals surface area contributed by atoms with E-state index in [-0.39, 0.29) is 18.4 Å². The van der Waals surface area contributed by atoms with Gasteiger partial charge in [-0.1, -0.05) is 26.0 Å². The van der Waals surface area contributed by atoms with Crippen molar-refractivity contribution in [1.82, 2.24) is 0 Å². The Morgan fingerprint density at radius 1 is 1.30 bits per heavy atom. The Labute approximate surface area is 119 Å². The Morgan fingerprint density at radius 3 is 2.50 bits per heavy atom. The standard InChI is InChI=1S/C15H22N2O3/c1-3-12-6-8-13(9-7-12)17-15(19)20-10-4-5-11(2)14(16)18/h6-9,11H,3-5,10H2,1-2H3,(H2,16,18)(H,17,19). The monoisotopic (exact) mass is 278 g/mol. The van der Waals surface area contributed by atoms with Crippen LogP contribution in [0.2, 0.25) is 0 Å². The van der Waals surface area contributed by atoms with E-state index in [0.29, 0.717) is 18.5 Å². The molecule has 0 radical (unpaired) electrons. The predicted molar refractivity (Wildman–Crippen MR) is 78.4 cm³/mol. The number of carbonyl (C=O) groups excluding carboxylic acids is 2. The number of carbonyl (C=O) groups is 2. The molecule has 3 N–H and O–H groups in total. The van der Waals surface area contributed by atoms with Crippen LogP contribution in [0.3, 0.4) is 0 Å². The van der Waals surface area contributed by atoms with Gasteiger partial charge in [0.2, 0.25) is 5.91 Å². The number of nitrogens with one attached hydrogen (secondary N) is 1. The molecule has 0 fully saturated rings. The lowest BCUT2D eigenvalue weighted by Crippen LogP contribution is -2.21. The molecule has 5 nitrogen and oxygen atoms in total. The summed E-state index contributed by atoms with van der Waals surface area (Å²) in [6.07, 6.45) is 1.71. The van der Waals surface area contributed by atoms with Gasteiger partial charge in [0.1, 0.15) is 0 Å². The average Bonchev–Trinajstić information content (AvgIpc) is 2.44. The molecule has 2 amide bonds. The quantitative estimate of drug-likeness (QED) is 0.752. The summed E-state index contributed by atoms with van der Waals surface area (Å²) < 4.78 is 5.03. The van der Waals surface area contributed by atoms with E-state index >= 15 is 0 Å². The first-order chi connectivity index (χ1) is 9.52. The van der Waals surface area contributed by atoms with Gasteiger partial charge in [0.15, 0.2) is 0 Å². The fourth-order valence-electron chi connectivity index (χ4n) is 1.67. The number of ether oxygens (including phenoxy) is 1. The minimum atomic E-state index is -0.485. The number of amides is 2. The zero-order valence-electron chi connectivity index (χ0n) is 12.0. The van der Waals surface area contributed by atoms with E-state index in [1.807, 2.05) is 24.3 Å². The number of benzene rings is 1. The first-order valence-electron chi connectivity index (χ1n) is 6.85. The second-order valence-corrected chi connectivity index (χ2v) is 4.76. The molecule has 1 aromatic carbocycles. The number of anilines is 1. The molecule has 0 aliphatic heterocycles. The van der Waals surface area contributed by atoms with Crippen LogP contribution in [-0.2, 0) is 16.0 Å². The molecule has 0 spiro atoms. The molecule has 1 rings (SSSR count). The average molecular weight is 278 g/mol. The largest absolute Gasteiger partial charge is 0.449 e. The molecule has 0 aliphatic rings. The molecule has 0 saturated heterocycles. The van der Waals surface area contributed by atoms with Crippen LogP contribution < -0.4 is 11.1 Å². The molecule has 1 aromatic rings. The summed E-state index contributed by atoms with van der Waals surface area (Å²) in [7, 11) is 0. The van der Waals surface area contributed by atoms with Crippen LogP contribution in [0.1, 0.15) is 32.3 Å². The second-order valence-electron chi connectivity index (χ2n) is 4.76. The van der Waals surface area contributed by atoms with Crippen molar-refractivity contribution in [3.8, 4) is 0 Å². The molecule has 0 heterocycles. The van der Waals surface area contributed by atoms with Gasteiger partial charge < -0.3 is 10.5 Å². The summed E-state index contributed by atoms with van der Waals surface area (Å²) in [6.45, 7) is 4.11. The number of nitrogens with two attached hydrogens (primary N) is 1. The third kappa shape index (κ3) is 5.73. The molecule has 5 heteroatoms. The van der Waals surface area contributed by atoms with Gasteiger partial charge in [0.25, 0.3) is 0 Å². The number of hydrogen-bond acceptors (Lipinski definition) is 3. The maximum atomic E-state index is 11.5. The normalized spacial score (nSPS) is 11.7. The van der Waals surface area contributed by atoms with E-state index < -0.39 is 6.09 Å². The van der Waals surface area contributed by atoms with Gasteiger partial charge in [0, 0.05) is 11.6 Å². The Morgan fingerprint density at radius 2 is 1.95 bits per heavy atom. The maximum Gasteiger partial charge on any atom is 0.411 e. The molecular weight excluding hydrogens is 256 g/mol. The van der Waals surface area contributed by atoms with Gasteiger partial charge in [-0.15, -0.1) is 0 Å². The minimum Gasteiger partial charge on any atom is -0.449 e. The number of hydrogen-bond donors (Lipinski definition) is 2. The highest BCUT2D eigenvalue weighted by atomic mass is 16.5. The summed E-state index contributed by atoms with van der Waals surface area (Å²) in [4.78, 5) is 22.3. The first-order valence-corrected chi connectivity index (χ1v) is 6.85. The van der Waals surface area contributed by atoms with Crippen molar-refractivity contribution >= 4 is 17.7 Å². The van der Waals surface area contributed by atoms with Gasteiger partial charge >= 0.3 is 6.09 Å². The minimum absolute atomic E-state index is 0.191. The highest BCUT2D eigenvalue weighted by Crippen LogP contribution is 2.10. The lowest BCUT2D eigenvalue weighted by Gasteiger charge is -2.09. The Balaban J connectivity index is 2.24. The molecule has 1 unspecified atom stereocenters. The third-order valence-electron chi connectivity index (χ3n) is 3.11. The first kappa shape index (κ1) is 16.0. The van der Waals surface area contributed by atoms with Crippen molar-refractivity contribution < 1.29 is 14.3 Å². The van der Waals surface area contributed by atoms with Crippen molar-refractivity contribution in [2.75, 3.05) is 11.9 Å². The summed E-state index contributed by atoms with van der Waals surface area (Å²) in [5, 5.41) is 2.65. The van der Waals surface area contributed by atoms with Crippen LogP contribution in [-0.4, -0.2) is 18.6 Å². The molecule has 0 aliphatic carbocycles. The van der Waals surface area contributed by atoms with Crippen LogP contribution in [0.4, 0.5) is 10.5 Å². The SMILES string of the molecule is CCc1ccc(NC(=O)OCCCC(C)C(N)=O)cc1. The molecule has 0 saturated carbocycles. The molecular formula is C15H22N2O3. The van der Waals surface area contributed by atoms with Crippen LogP contribution in [0.25, 0.3) is 0 Å². The van der Waals surface area contributed by atoms with Crippen molar-refractivity contribution in [1.29, 1.82) is 0 Å². The fraction of sp³-hybridized carbons (Fsp3) is 0.467. The van der Waals surface area contributed by atoms with Crippen LogP contribution in [0.5, 0.6) is 0 Å². The molecule has 110 valence electrons. The van der Waals surface area contributed by atoms with Crippen LogP contribution in [0.15, 0.2) is 24.3 Å². The lowest BCUT2D eigenvalue weighted by atomic mass is 10.1. The van der Waals surface area contributed by atoms with Gasteiger partial charge in [-0.25, -0.2) is 4.79 Å². The summed E-state index contributed by atoms with van der Waals surface area (Å²) in [5.41, 5.74) is 7.06. The van der Waals surface area contributed by atoms with Crippen molar-refractivity contribution in [3.05, 3.63) is 29.8 Å². The topological polar surface area (TPSA) is 81.4 Å². The Bertz CT molecular complexity index is 443. The number of rotatable bonds is 7. The molecule has 1 atom stereocenters. The molecule has 20 heavy (non-hydrogen) atoms. The molecule has 0 bridgehead atoms. The van der Waals surface area contributed by atoms with E-state index in [1.54, 1.807) is 6.92 Å². The van der Waals surface area contributed by atoms with E-state index in [9.17, 15) is 9.59 Å². The van der Waals surface area contributed by atoms with Crippen LogP contribution >= 0.6 is 0 Å². The van der Waals surface area contributed by atoms with Crippen molar-refractivity contribution in [2.45, 2.75) is 33.1 Å². The molecule has 0 aromatic heterocycles. The second kappa shape index (κ2) is 8.19. The highest BCUT2D eigenvalue weighted by Gasteiger charge is 2.09. The third-order valence-corrected chi connectivity index (χ3v) is 3.11. The maximum absolute atomic E-state index is 11.5. The van der Waals surface area contributed by atoms with Gasteiger partial charge in [-0.2, -0.15) is 0 Å². The highest BCUT2D eigenvalue weighted by molar-refractivity contribution is 5.84. The van der Waals surface area contributed by atoms with E-state index in [2.05, 4.69) is 12.2 Å². The van der Waals surface area contributed by atoms with Crippen LogP contribution in [0, 0.1) is 5.92 Å². The van der Waals surface area contributed by atoms with Gasteiger partial charge in [-0.05, 0) is 37.0 Å². The Hall–Kier alpha value is -2.04. The predicted octanol–water partition coefficient (Wildman–Crippen LogP) is 2.70. The fourth-order valence-corrected chi connectivity index (χ4v) is 1.67. The summed E-state index contributed by atoms with van der Waals surface area (Å²) >= 11 is 0. The van der Waals surface area contributed by atoms with E-state index in [0.717, 1.165) is 6.42 Å². The smallest absolute Gasteiger partial charge is 0.411 e. The number of primary amides is 1. The van der Waals surface area contributed by atoms with Crippen molar-refractivity contribution in [3.63, 3.8) is 0 Å². The zero-order chi connectivity index (χ0) is 15.0. The van der Waals surface area contributed by atoms with E-state index in [4.69, 9.17) is 10.5 Å². The summed E-state index contributed by atoms with van der Waals surface area (Å²) in [5.74, 6) is -0.520.